The van der Waals surface area contributed by atoms with Crippen molar-refractivity contribution in [2.75, 3.05) is 5.32 Å². The second kappa shape index (κ2) is 11.9. The van der Waals surface area contributed by atoms with Crippen LogP contribution in [0.2, 0.25) is 5.15 Å². The van der Waals surface area contributed by atoms with Crippen LogP contribution in [0.4, 0.5) is 5.82 Å². The molecule has 1 aromatic carbocycles. The Balaban J connectivity index is 1.62. The molecule has 0 saturated carbocycles. The molecule has 0 aliphatic carbocycles. The first kappa shape index (κ1) is 23.3. The normalized spacial score (nSPS) is 12.1. The van der Waals surface area contributed by atoms with E-state index in [1.54, 1.807) is 12.3 Å². The molecule has 1 atom stereocenters. The molecule has 0 aliphatic rings. The van der Waals surface area contributed by atoms with Gasteiger partial charge in [0.1, 0.15) is 16.2 Å². The van der Waals surface area contributed by atoms with Crippen molar-refractivity contribution in [2.24, 2.45) is 0 Å². The van der Waals surface area contributed by atoms with E-state index in [0.29, 0.717) is 23.9 Å². The number of aliphatic carboxylic acids is 1. The van der Waals surface area contributed by atoms with Gasteiger partial charge in [-0.1, -0.05) is 74.5 Å². The molecule has 164 valence electrons. The largest absolute Gasteiger partial charge is 0.480 e. The van der Waals surface area contributed by atoms with E-state index >= 15 is 0 Å². The minimum atomic E-state index is -0.844. The van der Waals surface area contributed by atoms with Gasteiger partial charge in [-0.25, -0.2) is 9.97 Å². The van der Waals surface area contributed by atoms with Crippen molar-refractivity contribution in [3.05, 3.63) is 53.3 Å². The molecule has 6 nitrogen and oxygen atoms in total. The van der Waals surface area contributed by atoms with Crippen LogP contribution in [0, 0.1) is 0 Å². The first-order chi connectivity index (χ1) is 15.0. The minimum absolute atomic E-state index is 0.287. The number of nitrogens with one attached hydrogen (secondary N) is 1. The molecule has 0 bridgehead atoms. The molecule has 2 aromatic heterocycles. The molecule has 8 heteroatoms. The number of pyridine rings is 1. The molecule has 1 unspecified atom stereocenters. The number of thioether (sulfide) groups is 1. The lowest BCUT2D eigenvalue weighted by Gasteiger charge is -2.12. The number of nitrogens with zero attached hydrogens (tertiary/aromatic N) is 3. The molecule has 0 spiro atoms. The molecule has 0 saturated heterocycles. The summed E-state index contributed by atoms with van der Waals surface area (Å²) in [6, 6.07) is 11.7. The van der Waals surface area contributed by atoms with E-state index in [9.17, 15) is 9.90 Å². The van der Waals surface area contributed by atoms with Gasteiger partial charge in [-0.2, -0.15) is 0 Å². The number of halogens is 1. The third kappa shape index (κ3) is 7.36. The van der Waals surface area contributed by atoms with Crippen molar-refractivity contribution in [1.29, 1.82) is 0 Å². The van der Waals surface area contributed by atoms with E-state index in [0.717, 1.165) is 47.5 Å². The second-order valence-electron chi connectivity index (χ2n) is 7.39. The number of fused-ring (bicyclic) bond motifs is 1. The predicted octanol–water partition coefficient (Wildman–Crippen LogP) is 6.20. The van der Waals surface area contributed by atoms with Gasteiger partial charge in [0, 0.05) is 24.2 Å². The van der Waals surface area contributed by atoms with Crippen LogP contribution in [-0.2, 0) is 11.3 Å². The van der Waals surface area contributed by atoms with Gasteiger partial charge in [0.05, 0.1) is 5.52 Å². The average Bonchev–Trinajstić information content (AvgIpc) is 2.76. The Bertz CT molecular complexity index is 1020. The van der Waals surface area contributed by atoms with Crippen molar-refractivity contribution >= 4 is 46.1 Å². The summed E-state index contributed by atoms with van der Waals surface area (Å²) < 4.78 is 0. The first-order valence-corrected chi connectivity index (χ1v) is 11.8. The van der Waals surface area contributed by atoms with Crippen LogP contribution in [0.1, 0.15) is 51.0 Å². The minimum Gasteiger partial charge on any atom is -0.480 e. The second-order valence-corrected chi connectivity index (χ2v) is 8.95. The maximum atomic E-state index is 11.7. The topological polar surface area (TPSA) is 88.0 Å². The lowest BCUT2D eigenvalue weighted by Crippen LogP contribution is -2.17. The third-order valence-electron chi connectivity index (χ3n) is 4.91. The van der Waals surface area contributed by atoms with Crippen LogP contribution in [0.25, 0.3) is 10.9 Å². The van der Waals surface area contributed by atoms with Gasteiger partial charge in [-0.3, -0.25) is 9.78 Å². The highest BCUT2D eigenvalue weighted by Gasteiger charge is 2.20. The number of rotatable bonds is 12. The Morgan fingerprint density at radius 3 is 2.81 bits per heavy atom. The lowest BCUT2D eigenvalue weighted by molar-refractivity contribution is -0.136. The maximum absolute atomic E-state index is 11.7. The number of unbranched alkanes of at least 4 members (excludes halogenated alkanes) is 4. The lowest BCUT2D eigenvalue weighted by atomic mass is 10.1. The zero-order chi connectivity index (χ0) is 22.1. The van der Waals surface area contributed by atoms with Crippen LogP contribution >= 0.6 is 23.4 Å². The maximum Gasteiger partial charge on any atom is 0.317 e. The number of hydrogen-bond acceptors (Lipinski definition) is 6. The fraction of sp³-hybridized carbons (Fsp3) is 0.391. The van der Waals surface area contributed by atoms with Gasteiger partial charge in [0.2, 0.25) is 0 Å². The van der Waals surface area contributed by atoms with Crippen LogP contribution in [0.3, 0.4) is 0 Å². The summed E-state index contributed by atoms with van der Waals surface area (Å²) in [6.07, 6.45) is 7.78. The number of aromatic nitrogens is 3. The summed E-state index contributed by atoms with van der Waals surface area (Å²) in [5.41, 5.74) is 2.03. The third-order valence-corrected chi connectivity index (χ3v) is 6.22. The van der Waals surface area contributed by atoms with Gasteiger partial charge in [-0.15, -0.1) is 0 Å². The quantitative estimate of drug-likeness (QED) is 0.144. The Morgan fingerprint density at radius 2 is 2.00 bits per heavy atom. The molecule has 31 heavy (non-hydrogen) atoms. The van der Waals surface area contributed by atoms with Gasteiger partial charge in [0.25, 0.3) is 0 Å². The fourth-order valence-corrected chi connectivity index (χ4v) is 4.44. The van der Waals surface area contributed by atoms with Gasteiger partial charge >= 0.3 is 5.97 Å². The van der Waals surface area contributed by atoms with Crippen molar-refractivity contribution in [1.82, 2.24) is 15.0 Å². The molecule has 3 rings (SSSR count). The SMILES string of the molecule is CCCCCCCC(Sc1nc(Cl)cc(NCc2ccc3ncccc3c2)n1)C(=O)O. The summed E-state index contributed by atoms with van der Waals surface area (Å²) in [4.78, 5) is 24.7. The smallest absolute Gasteiger partial charge is 0.317 e. The van der Waals surface area contributed by atoms with Crippen molar-refractivity contribution in [3.8, 4) is 0 Å². The standard InChI is InChI=1S/C23H27ClN4O2S/c1-2-3-4-5-6-9-19(22(29)30)31-23-27-20(24)14-21(28-23)26-15-16-10-11-18-17(13-16)8-7-12-25-18/h7-8,10-14,19H,2-6,9,15H2,1H3,(H,29,30)(H,26,27,28). The van der Waals surface area contributed by atoms with Crippen LogP contribution in [0.15, 0.2) is 47.8 Å². The number of hydrogen-bond donors (Lipinski definition) is 2. The zero-order valence-corrected chi connectivity index (χ0v) is 19.1. The number of carbonyl (C=O) groups is 1. The Morgan fingerprint density at radius 1 is 1.16 bits per heavy atom. The van der Waals surface area contributed by atoms with E-state index in [1.807, 2.05) is 24.3 Å². The fourth-order valence-electron chi connectivity index (χ4n) is 3.26. The summed E-state index contributed by atoms with van der Waals surface area (Å²) in [5.74, 6) is -0.274. The van der Waals surface area contributed by atoms with E-state index in [2.05, 4.69) is 33.3 Å². The van der Waals surface area contributed by atoms with Gasteiger partial charge in [-0.05, 0) is 30.2 Å². The molecule has 2 N–H and O–H groups in total. The average molecular weight is 459 g/mol. The molecule has 0 radical (unpaired) electrons. The van der Waals surface area contributed by atoms with Crippen LogP contribution in [0.5, 0.6) is 0 Å². The highest BCUT2D eigenvalue weighted by molar-refractivity contribution is 8.00. The summed E-state index contributed by atoms with van der Waals surface area (Å²) >= 11 is 7.33. The Labute approximate surface area is 191 Å². The van der Waals surface area contributed by atoms with E-state index in [-0.39, 0.29) is 5.15 Å². The summed E-state index contributed by atoms with van der Waals surface area (Å²) in [5, 5.41) is 14.0. The van der Waals surface area contributed by atoms with Crippen molar-refractivity contribution in [3.63, 3.8) is 0 Å². The highest BCUT2D eigenvalue weighted by Crippen LogP contribution is 2.27. The molecular formula is C23H27ClN4O2S. The Hall–Kier alpha value is -2.38. The molecule has 3 aromatic rings. The number of anilines is 1. The summed E-state index contributed by atoms with van der Waals surface area (Å²) in [6.45, 7) is 2.72. The predicted molar refractivity (Wildman–Crippen MR) is 127 cm³/mol. The molecular weight excluding hydrogens is 432 g/mol. The number of benzene rings is 1. The number of carboxylic acids is 1. The molecule has 0 aliphatic heterocycles. The first-order valence-electron chi connectivity index (χ1n) is 10.6. The molecule has 0 fully saturated rings. The van der Waals surface area contributed by atoms with E-state index in [4.69, 9.17) is 11.6 Å². The monoisotopic (exact) mass is 458 g/mol. The van der Waals surface area contributed by atoms with E-state index in [1.165, 1.54) is 12.8 Å². The van der Waals surface area contributed by atoms with Crippen molar-refractivity contribution < 1.29 is 9.90 Å². The van der Waals surface area contributed by atoms with Gasteiger partial charge in [0.15, 0.2) is 5.16 Å². The van der Waals surface area contributed by atoms with Crippen LogP contribution in [-0.4, -0.2) is 31.3 Å². The van der Waals surface area contributed by atoms with Gasteiger partial charge < -0.3 is 10.4 Å². The highest BCUT2D eigenvalue weighted by atomic mass is 35.5. The van der Waals surface area contributed by atoms with E-state index < -0.39 is 11.2 Å². The zero-order valence-electron chi connectivity index (χ0n) is 17.6. The van der Waals surface area contributed by atoms with Crippen LogP contribution < -0.4 is 5.32 Å². The number of carboxylic acid groups (broad SMARTS) is 1. The Kier molecular flexibility index (Phi) is 8.91. The summed E-state index contributed by atoms with van der Waals surface area (Å²) in [7, 11) is 0. The van der Waals surface area contributed by atoms with Crippen molar-refractivity contribution in [2.45, 2.75) is 62.4 Å². The molecule has 2 heterocycles. The molecule has 0 amide bonds.